The number of nitrogens with one attached hydrogen (secondary N) is 1. The Kier molecular flexibility index (Phi) is 5.11. The summed E-state index contributed by atoms with van der Waals surface area (Å²) in [5.41, 5.74) is 0.212. The molecule has 0 fully saturated rings. The molecule has 3 nitrogen and oxygen atoms in total. The summed E-state index contributed by atoms with van der Waals surface area (Å²) in [5, 5.41) is 12.4. The summed E-state index contributed by atoms with van der Waals surface area (Å²) in [4.78, 5) is 12.6. The van der Waals surface area contributed by atoms with Gasteiger partial charge in [0, 0.05) is 16.8 Å². The molecule has 7 heteroatoms. The van der Waals surface area contributed by atoms with Crippen molar-refractivity contribution in [1.29, 1.82) is 0 Å². The molecule has 3 rings (SSSR count). The van der Waals surface area contributed by atoms with Crippen LogP contribution >= 0.6 is 23.2 Å². The normalized spacial score (nSPS) is 10.6. The number of phenols is 1. The summed E-state index contributed by atoms with van der Waals surface area (Å²) in [6.07, 6.45) is 0. The number of aromatic hydroxyl groups is 1. The zero-order chi connectivity index (χ0) is 18.8. The summed E-state index contributed by atoms with van der Waals surface area (Å²) in [7, 11) is 0. The number of carbonyl (C=O) groups is 1. The molecule has 0 radical (unpaired) electrons. The molecule has 0 aliphatic heterocycles. The number of phenolic OH excluding ortho intramolecular Hbond substituents is 1. The van der Waals surface area contributed by atoms with E-state index in [1.807, 2.05) is 0 Å². The summed E-state index contributed by atoms with van der Waals surface area (Å²) in [6, 6.07) is 11.7. The lowest BCUT2D eigenvalue weighted by Gasteiger charge is -2.11. The van der Waals surface area contributed by atoms with Crippen molar-refractivity contribution in [2.24, 2.45) is 0 Å². The smallest absolute Gasteiger partial charge is 0.196 e. The third-order valence-electron chi connectivity index (χ3n) is 3.64. The van der Waals surface area contributed by atoms with Crippen molar-refractivity contribution >= 4 is 40.4 Å². The summed E-state index contributed by atoms with van der Waals surface area (Å²) < 4.78 is 27.4. The second-order valence-corrected chi connectivity index (χ2v) is 6.22. The highest BCUT2D eigenvalue weighted by Crippen LogP contribution is 2.30. The van der Waals surface area contributed by atoms with E-state index in [0.717, 1.165) is 12.1 Å². The molecule has 0 heterocycles. The molecule has 26 heavy (non-hydrogen) atoms. The lowest BCUT2D eigenvalue weighted by Crippen LogP contribution is -2.04. The van der Waals surface area contributed by atoms with Gasteiger partial charge in [-0.25, -0.2) is 8.78 Å². The van der Waals surface area contributed by atoms with Gasteiger partial charge in [0.05, 0.1) is 10.0 Å². The van der Waals surface area contributed by atoms with E-state index in [2.05, 4.69) is 5.32 Å². The molecule has 0 spiro atoms. The predicted octanol–water partition coefficient (Wildman–Crippen LogP) is 5.95. The summed E-state index contributed by atoms with van der Waals surface area (Å²) in [5.74, 6) is -2.11. The molecule has 2 N–H and O–H groups in total. The number of benzene rings is 3. The third-order valence-corrected chi connectivity index (χ3v) is 4.28. The van der Waals surface area contributed by atoms with Crippen LogP contribution < -0.4 is 5.32 Å². The molecule has 0 saturated heterocycles. The van der Waals surface area contributed by atoms with Crippen LogP contribution in [0, 0.1) is 11.6 Å². The van der Waals surface area contributed by atoms with Gasteiger partial charge in [-0.3, -0.25) is 4.79 Å². The fourth-order valence-corrected chi connectivity index (χ4v) is 2.84. The minimum atomic E-state index is -0.757. The number of carbonyl (C=O) groups excluding carboxylic acids is 1. The fraction of sp³-hybridized carbons (Fsp3) is 0. The fourth-order valence-electron chi connectivity index (χ4n) is 2.37. The quantitative estimate of drug-likeness (QED) is 0.538. The van der Waals surface area contributed by atoms with E-state index in [4.69, 9.17) is 23.2 Å². The SMILES string of the molecule is O=C(c1ccc(Nc2c(F)cccc2F)cc1Cl)c1cc(O)ccc1Cl. The molecular formula is C19H11Cl2F2NO2. The van der Waals surface area contributed by atoms with Crippen LogP contribution in [0.2, 0.25) is 10.0 Å². The maximum Gasteiger partial charge on any atom is 0.196 e. The van der Waals surface area contributed by atoms with Gasteiger partial charge in [0.2, 0.25) is 0 Å². The van der Waals surface area contributed by atoms with E-state index in [0.29, 0.717) is 5.69 Å². The number of anilines is 2. The minimum Gasteiger partial charge on any atom is -0.508 e. The molecule has 0 aromatic heterocycles. The number of ketones is 1. The highest BCUT2D eigenvalue weighted by molar-refractivity contribution is 6.38. The Labute approximate surface area is 157 Å². The first-order valence-corrected chi connectivity index (χ1v) is 8.16. The molecule has 0 unspecified atom stereocenters. The zero-order valence-electron chi connectivity index (χ0n) is 13.1. The maximum absolute atomic E-state index is 13.7. The Morgan fingerprint density at radius 3 is 2.23 bits per heavy atom. The van der Waals surface area contributed by atoms with Gasteiger partial charge in [-0.1, -0.05) is 29.3 Å². The topological polar surface area (TPSA) is 49.3 Å². The Morgan fingerprint density at radius 1 is 0.885 bits per heavy atom. The van der Waals surface area contributed by atoms with E-state index in [1.165, 1.54) is 42.5 Å². The first-order chi connectivity index (χ1) is 12.4. The van der Waals surface area contributed by atoms with Crippen molar-refractivity contribution in [3.05, 3.63) is 87.4 Å². The first kappa shape index (κ1) is 18.2. The van der Waals surface area contributed by atoms with Crippen LogP contribution in [0.5, 0.6) is 5.75 Å². The van der Waals surface area contributed by atoms with Gasteiger partial charge in [0.15, 0.2) is 5.78 Å². The Bertz CT molecular complexity index is 989. The minimum absolute atomic E-state index is 0.0659. The van der Waals surface area contributed by atoms with Crippen molar-refractivity contribution < 1.29 is 18.7 Å². The van der Waals surface area contributed by atoms with Gasteiger partial charge in [-0.15, -0.1) is 0 Å². The molecule has 0 aliphatic rings. The van der Waals surface area contributed by atoms with Crippen molar-refractivity contribution in [2.75, 3.05) is 5.32 Å². The van der Waals surface area contributed by atoms with Gasteiger partial charge >= 0.3 is 0 Å². The van der Waals surface area contributed by atoms with Gasteiger partial charge in [0.1, 0.15) is 23.1 Å². The van der Waals surface area contributed by atoms with Crippen LogP contribution in [0.3, 0.4) is 0 Å². The van der Waals surface area contributed by atoms with E-state index >= 15 is 0 Å². The maximum atomic E-state index is 13.7. The Morgan fingerprint density at radius 2 is 1.58 bits per heavy atom. The van der Waals surface area contributed by atoms with Crippen LogP contribution in [-0.4, -0.2) is 10.9 Å². The van der Waals surface area contributed by atoms with Crippen LogP contribution in [0.1, 0.15) is 15.9 Å². The molecule has 0 amide bonds. The number of hydrogen-bond donors (Lipinski definition) is 2. The average Bonchev–Trinajstić information content (AvgIpc) is 2.60. The van der Waals surface area contributed by atoms with Crippen LogP contribution in [0.25, 0.3) is 0 Å². The molecule has 3 aromatic rings. The Balaban J connectivity index is 1.93. The first-order valence-electron chi connectivity index (χ1n) is 7.40. The van der Waals surface area contributed by atoms with Crippen LogP contribution in [0.4, 0.5) is 20.2 Å². The summed E-state index contributed by atoms with van der Waals surface area (Å²) in [6.45, 7) is 0. The third kappa shape index (κ3) is 3.64. The standard InChI is InChI=1S/C19H11Cl2F2NO2/c20-14-7-5-11(25)9-13(14)19(26)12-6-4-10(8-15(12)21)24-18-16(22)2-1-3-17(18)23/h1-9,24-25H. The van der Waals surface area contributed by atoms with E-state index in [1.54, 1.807) is 0 Å². The highest BCUT2D eigenvalue weighted by Gasteiger charge is 2.17. The lowest BCUT2D eigenvalue weighted by molar-refractivity contribution is 0.103. The Hall–Kier alpha value is -2.63. The van der Waals surface area contributed by atoms with Gasteiger partial charge in [0.25, 0.3) is 0 Å². The average molecular weight is 394 g/mol. The van der Waals surface area contributed by atoms with E-state index in [9.17, 15) is 18.7 Å². The van der Waals surface area contributed by atoms with E-state index in [-0.39, 0.29) is 32.6 Å². The van der Waals surface area contributed by atoms with Crippen LogP contribution in [-0.2, 0) is 0 Å². The highest BCUT2D eigenvalue weighted by atomic mass is 35.5. The van der Waals surface area contributed by atoms with Crippen molar-refractivity contribution in [3.8, 4) is 5.75 Å². The number of para-hydroxylation sites is 1. The molecule has 132 valence electrons. The monoisotopic (exact) mass is 393 g/mol. The predicted molar refractivity (Wildman–Crippen MR) is 97.6 cm³/mol. The number of halogens is 4. The van der Waals surface area contributed by atoms with Gasteiger partial charge in [-0.05, 0) is 48.5 Å². The second-order valence-electron chi connectivity index (χ2n) is 5.41. The lowest BCUT2D eigenvalue weighted by atomic mass is 10.0. The largest absolute Gasteiger partial charge is 0.508 e. The second kappa shape index (κ2) is 7.32. The number of rotatable bonds is 4. The molecular weight excluding hydrogens is 383 g/mol. The van der Waals surface area contributed by atoms with Crippen molar-refractivity contribution in [2.45, 2.75) is 0 Å². The summed E-state index contributed by atoms with van der Waals surface area (Å²) >= 11 is 12.2. The van der Waals surface area contributed by atoms with Gasteiger partial charge in [-0.2, -0.15) is 0 Å². The van der Waals surface area contributed by atoms with E-state index < -0.39 is 17.4 Å². The molecule has 0 saturated carbocycles. The molecule has 0 aliphatic carbocycles. The van der Waals surface area contributed by atoms with Crippen molar-refractivity contribution in [3.63, 3.8) is 0 Å². The van der Waals surface area contributed by atoms with Crippen molar-refractivity contribution in [1.82, 2.24) is 0 Å². The molecule has 0 atom stereocenters. The zero-order valence-corrected chi connectivity index (χ0v) is 14.6. The number of hydrogen-bond acceptors (Lipinski definition) is 3. The molecule has 0 bridgehead atoms. The van der Waals surface area contributed by atoms with Gasteiger partial charge < -0.3 is 10.4 Å². The van der Waals surface area contributed by atoms with Crippen LogP contribution in [0.15, 0.2) is 54.6 Å². The molecule has 3 aromatic carbocycles.